The van der Waals surface area contributed by atoms with Gasteiger partial charge in [0.1, 0.15) is 5.82 Å². The third-order valence-corrected chi connectivity index (χ3v) is 4.54. The molecule has 0 bridgehead atoms. The molecule has 0 saturated heterocycles. The second-order valence-corrected chi connectivity index (χ2v) is 7.06. The Balaban J connectivity index is 1.63. The van der Waals surface area contributed by atoms with Gasteiger partial charge < -0.3 is 5.32 Å². The van der Waals surface area contributed by atoms with Gasteiger partial charge in [-0.1, -0.05) is 56.3 Å². The van der Waals surface area contributed by atoms with Crippen LogP contribution in [0.25, 0.3) is 6.08 Å². The molecule has 1 heterocycles. The Morgan fingerprint density at radius 1 is 1.18 bits per heavy atom. The summed E-state index contributed by atoms with van der Waals surface area (Å²) < 4.78 is 15.5. The quantitative estimate of drug-likeness (QED) is 0.604. The van der Waals surface area contributed by atoms with Gasteiger partial charge in [0.2, 0.25) is 5.91 Å². The van der Waals surface area contributed by atoms with Crippen LogP contribution in [-0.4, -0.2) is 15.7 Å². The molecule has 1 N–H and O–H groups in total. The molecule has 0 spiro atoms. The zero-order chi connectivity index (χ0) is 20.1. The van der Waals surface area contributed by atoms with Crippen molar-refractivity contribution in [3.63, 3.8) is 0 Å². The van der Waals surface area contributed by atoms with E-state index in [0.29, 0.717) is 23.8 Å². The minimum Gasteiger partial charge on any atom is -0.306 e. The number of benzene rings is 2. The normalized spacial score (nSPS) is 11.3. The summed E-state index contributed by atoms with van der Waals surface area (Å²) >= 11 is 0. The van der Waals surface area contributed by atoms with Gasteiger partial charge in [-0.15, -0.1) is 0 Å². The molecule has 0 fully saturated rings. The molecular formula is C23H24FN3O. The van der Waals surface area contributed by atoms with Gasteiger partial charge in [0, 0.05) is 23.4 Å². The number of aryl methyl sites for hydroxylation is 1. The first kappa shape index (κ1) is 19.5. The topological polar surface area (TPSA) is 46.9 Å². The third-order valence-electron chi connectivity index (χ3n) is 4.54. The number of rotatable bonds is 6. The number of anilines is 1. The smallest absolute Gasteiger partial charge is 0.249 e. The second kappa shape index (κ2) is 8.65. The van der Waals surface area contributed by atoms with E-state index in [1.165, 1.54) is 17.7 Å². The van der Waals surface area contributed by atoms with Crippen LogP contribution in [0.1, 0.15) is 42.1 Å². The van der Waals surface area contributed by atoms with E-state index in [2.05, 4.69) is 36.4 Å². The van der Waals surface area contributed by atoms with Crippen molar-refractivity contribution >= 4 is 17.8 Å². The van der Waals surface area contributed by atoms with Gasteiger partial charge in [-0.25, -0.2) is 4.39 Å². The summed E-state index contributed by atoms with van der Waals surface area (Å²) in [6.07, 6.45) is 3.25. The summed E-state index contributed by atoms with van der Waals surface area (Å²) in [5, 5.41) is 7.11. The Labute approximate surface area is 164 Å². The van der Waals surface area contributed by atoms with Crippen LogP contribution in [0.3, 0.4) is 0 Å². The molecular weight excluding hydrogens is 353 g/mol. The van der Waals surface area contributed by atoms with E-state index < -0.39 is 0 Å². The van der Waals surface area contributed by atoms with Crippen molar-refractivity contribution < 1.29 is 9.18 Å². The molecule has 0 aliphatic carbocycles. The zero-order valence-electron chi connectivity index (χ0n) is 16.3. The van der Waals surface area contributed by atoms with E-state index >= 15 is 0 Å². The lowest BCUT2D eigenvalue weighted by atomic mass is 10.0. The first-order chi connectivity index (χ1) is 13.4. The van der Waals surface area contributed by atoms with E-state index in [0.717, 1.165) is 11.3 Å². The Hall–Kier alpha value is -3.21. The van der Waals surface area contributed by atoms with Crippen LogP contribution < -0.4 is 5.32 Å². The predicted octanol–water partition coefficient (Wildman–Crippen LogP) is 5.15. The van der Waals surface area contributed by atoms with E-state index in [1.54, 1.807) is 35.0 Å². The lowest BCUT2D eigenvalue weighted by Gasteiger charge is -2.05. The van der Waals surface area contributed by atoms with Gasteiger partial charge >= 0.3 is 0 Å². The fourth-order valence-corrected chi connectivity index (χ4v) is 2.85. The van der Waals surface area contributed by atoms with Crippen LogP contribution in [0.2, 0.25) is 0 Å². The van der Waals surface area contributed by atoms with Crippen molar-refractivity contribution in [3.05, 3.63) is 88.9 Å². The van der Waals surface area contributed by atoms with Crippen molar-refractivity contribution in [2.45, 2.75) is 33.2 Å². The Morgan fingerprint density at radius 2 is 1.89 bits per heavy atom. The molecule has 28 heavy (non-hydrogen) atoms. The highest BCUT2D eigenvalue weighted by atomic mass is 19.1. The molecule has 4 nitrogen and oxygen atoms in total. The maximum atomic E-state index is 13.8. The first-order valence-electron chi connectivity index (χ1n) is 9.29. The maximum Gasteiger partial charge on any atom is 0.249 e. The summed E-state index contributed by atoms with van der Waals surface area (Å²) in [4.78, 5) is 12.2. The van der Waals surface area contributed by atoms with E-state index in [9.17, 15) is 9.18 Å². The van der Waals surface area contributed by atoms with Gasteiger partial charge in [0.15, 0.2) is 5.82 Å². The molecule has 1 amide bonds. The fourth-order valence-electron chi connectivity index (χ4n) is 2.85. The largest absolute Gasteiger partial charge is 0.306 e. The lowest BCUT2D eigenvalue weighted by Crippen LogP contribution is -2.10. The Bertz CT molecular complexity index is 987. The molecule has 1 aromatic heterocycles. The Kier molecular flexibility index (Phi) is 6.04. The first-order valence-corrected chi connectivity index (χ1v) is 9.29. The maximum absolute atomic E-state index is 13.8. The minimum absolute atomic E-state index is 0.261. The summed E-state index contributed by atoms with van der Waals surface area (Å²) in [5.41, 5.74) is 3.61. The van der Waals surface area contributed by atoms with E-state index in [4.69, 9.17) is 0 Å². The number of nitrogens with zero attached hydrogens (tertiary/aromatic N) is 2. The second-order valence-electron chi connectivity index (χ2n) is 7.06. The number of halogens is 1. The number of hydrogen-bond donors (Lipinski definition) is 1. The highest BCUT2D eigenvalue weighted by molar-refractivity contribution is 6.01. The zero-order valence-corrected chi connectivity index (χ0v) is 16.3. The van der Waals surface area contributed by atoms with Gasteiger partial charge in [-0.3, -0.25) is 9.48 Å². The average molecular weight is 377 g/mol. The molecule has 2 aromatic carbocycles. The van der Waals surface area contributed by atoms with Crippen molar-refractivity contribution in [1.82, 2.24) is 9.78 Å². The summed E-state index contributed by atoms with van der Waals surface area (Å²) in [6, 6.07) is 16.5. The van der Waals surface area contributed by atoms with Crippen molar-refractivity contribution in [2.75, 3.05) is 5.32 Å². The molecule has 0 radical (unpaired) electrons. The number of amides is 1. The molecule has 0 aliphatic rings. The average Bonchev–Trinajstić information content (AvgIpc) is 3.01. The molecule has 144 valence electrons. The van der Waals surface area contributed by atoms with Gasteiger partial charge in [-0.05, 0) is 36.1 Å². The van der Waals surface area contributed by atoms with Crippen LogP contribution >= 0.6 is 0 Å². The summed E-state index contributed by atoms with van der Waals surface area (Å²) in [6.45, 7) is 6.47. The van der Waals surface area contributed by atoms with Crippen LogP contribution in [0.4, 0.5) is 10.2 Å². The molecule has 0 unspecified atom stereocenters. The molecule has 3 aromatic rings. The molecule has 0 saturated carbocycles. The standard InChI is InChI=1S/C23H24FN3O/c1-16(2)19-11-8-18(9-12-19)10-13-23(28)25-22-14-17(3)27(26-22)15-20-6-4-5-7-21(20)24/h4-14,16H,15H2,1-3H3,(H,25,26,28)/b13-10+. The van der Waals surface area contributed by atoms with Crippen LogP contribution in [0.15, 0.2) is 60.7 Å². The highest BCUT2D eigenvalue weighted by Crippen LogP contribution is 2.16. The number of aromatic nitrogens is 2. The van der Waals surface area contributed by atoms with Gasteiger partial charge in [0.05, 0.1) is 6.54 Å². The van der Waals surface area contributed by atoms with Crippen molar-refractivity contribution in [1.29, 1.82) is 0 Å². The van der Waals surface area contributed by atoms with Crippen molar-refractivity contribution in [3.8, 4) is 0 Å². The molecule has 0 atom stereocenters. The third kappa shape index (κ3) is 4.94. The molecule has 0 aliphatic heterocycles. The van der Waals surface area contributed by atoms with Crippen molar-refractivity contribution in [2.24, 2.45) is 0 Å². The predicted molar refractivity (Wildman–Crippen MR) is 111 cm³/mol. The summed E-state index contributed by atoms with van der Waals surface area (Å²) in [7, 11) is 0. The van der Waals surface area contributed by atoms with E-state index in [1.807, 2.05) is 19.1 Å². The number of carbonyl (C=O) groups is 1. The highest BCUT2D eigenvalue weighted by Gasteiger charge is 2.09. The fraction of sp³-hybridized carbons (Fsp3) is 0.217. The van der Waals surface area contributed by atoms with Crippen LogP contribution in [-0.2, 0) is 11.3 Å². The monoisotopic (exact) mass is 377 g/mol. The van der Waals surface area contributed by atoms with Crippen LogP contribution in [0, 0.1) is 12.7 Å². The Morgan fingerprint density at radius 3 is 2.57 bits per heavy atom. The van der Waals surface area contributed by atoms with Crippen LogP contribution in [0.5, 0.6) is 0 Å². The molecule has 5 heteroatoms. The summed E-state index contributed by atoms with van der Waals surface area (Å²) in [5.74, 6) is 0.389. The number of hydrogen-bond acceptors (Lipinski definition) is 2. The SMILES string of the molecule is Cc1cc(NC(=O)/C=C/c2ccc(C(C)C)cc2)nn1Cc1ccccc1F. The lowest BCUT2D eigenvalue weighted by molar-refractivity contribution is -0.111. The van der Waals surface area contributed by atoms with E-state index in [-0.39, 0.29) is 11.7 Å². The number of nitrogens with one attached hydrogen (secondary N) is 1. The molecule has 3 rings (SSSR count). The van der Waals surface area contributed by atoms with Gasteiger partial charge in [-0.2, -0.15) is 5.10 Å². The minimum atomic E-state index is -0.269. The van der Waals surface area contributed by atoms with Gasteiger partial charge in [0.25, 0.3) is 0 Å². The number of carbonyl (C=O) groups excluding carboxylic acids is 1.